The van der Waals surface area contributed by atoms with E-state index in [4.69, 9.17) is 10.8 Å². The summed E-state index contributed by atoms with van der Waals surface area (Å²) in [7, 11) is 0. The van der Waals surface area contributed by atoms with Gasteiger partial charge in [0.25, 0.3) is 0 Å². The zero-order chi connectivity index (χ0) is 9.68. The molecule has 1 aromatic rings. The summed E-state index contributed by atoms with van der Waals surface area (Å²) in [5.74, 6) is 0.420. The molecule has 0 bridgehead atoms. The van der Waals surface area contributed by atoms with Crippen molar-refractivity contribution in [3.05, 3.63) is 35.4 Å². The average molecular weight is 179 g/mol. The Labute approximate surface area is 79.4 Å². The van der Waals surface area contributed by atoms with Crippen LogP contribution in [0.15, 0.2) is 24.3 Å². The highest BCUT2D eigenvalue weighted by molar-refractivity contribution is 5.25. The summed E-state index contributed by atoms with van der Waals surface area (Å²) in [5, 5.41) is 8.72. The number of hydrogen-bond donors (Lipinski definition) is 2. The van der Waals surface area contributed by atoms with Crippen LogP contribution in [0.3, 0.4) is 0 Å². The van der Waals surface area contributed by atoms with E-state index < -0.39 is 0 Å². The molecule has 13 heavy (non-hydrogen) atoms. The van der Waals surface area contributed by atoms with Crippen molar-refractivity contribution in [3.63, 3.8) is 0 Å². The van der Waals surface area contributed by atoms with Crippen LogP contribution in [0.1, 0.15) is 24.0 Å². The zero-order valence-corrected chi connectivity index (χ0v) is 8.03. The summed E-state index contributed by atoms with van der Waals surface area (Å²) in [4.78, 5) is 0. The maximum Gasteiger partial charge on any atom is 0.0471 e. The van der Waals surface area contributed by atoms with Gasteiger partial charge in [0.2, 0.25) is 0 Å². The first-order valence-electron chi connectivity index (χ1n) is 4.67. The molecule has 0 spiro atoms. The van der Waals surface area contributed by atoms with Crippen LogP contribution >= 0.6 is 0 Å². The monoisotopic (exact) mass is 179 g/mol. The number of nitrogens with two attached hydrogens (primary N) is 1. The van der Waals surface area contributed by atoms with Gasteiger partial charge in [0.15, 0.2) is 0 Å². The topological polar surface area (TPSA) is 46.2 Å². The molecule has 0 saturated carbocycles. The molecule has 0 saturated heterocycles. The van der Waals surface area contributed by atoms with E-state index in [1.165, 1.54) is 11.1 Å². The van der Waals surface area contributed by atoms with Crippen molar-refractivity contribution >= 4 is 0 Å². The van der Waals surface area contributed by atoms with E-state index >= 15 is 0 Å². The first-order valence-corrected chi connectivity index (χ1v) is 4.67. The first-order chi connectivity index (χ1) is 6.27. The van der Waals surface area contributed by atoms with E-state index in [0.29, 0.717) is 12.5 Å². The summed E-state index contributed by atoms with van der Waals surface area (Å²) >= 11 is 0. The second-order valence-corrected chi connectivity index (χ2v) is 3.35. The highest BCUT2D eigenvalue weighted by atomic mass is 16.2. The summed E-state index contributed by atoms with van der Waals surface area (Å²) < 4.78 is 0. The molecule has 0 aliphatic heterocycles. The van der Waals surface area contributed by atoms with Crippen molar-refractivity contribution in [2.24, 2.45) is 5.73 Å². The predicted molar refractivity (Wildman–Crippen MR) is 54.7 cm³/mol. The lowest BCUT2D eigenvalue weighted by Gasteiger charge is -2.09. The van der Waals surface area contributed by atoms with Gasteiger partial charge in [-0.05, 0) is 30.0 Å². The van der Waals surface area contributed by atoms with Crippen LogP contribution < -0.4 is 5.73 Å². The largest absolute Gasteiger partial charge is 0.396 e. The summed E-state index contributed by atoms with van der Waals surface area (Å²) in [6, 6.07) is 8.28. The number of aliphatic hydroxyl groups excluding tert-OH is 1. The number of aliphatic hydroxyl groups is 1. The fourth-order valence-corrected chi connectivity index (χ4v) is 1.28. The van der Waals surface area contributed by atoms with Crippen LogP contribution in [-0.4, -0.2) is 18.3 Å². The fourth-order valence-electron chi connectivity index (χ4n) is 1.28. The van der Waals surface area contributed by atoms with Crippen molar-refractivity contribution in [2.45, 2.75) is 19.3 Å². The standard InChI is InChI=1S/C11H17NO/c1-9(8-12)11-4-2-10(3-5-11)6-7-13/h2-5,9,13H,6-8,12H2,1H3. The van der Waals surface area contributed by atoms with Crippen LogP contribution in [0.5, 0.6) is 0 Å². The second-order valence-electron chi connectivity index (χ2n) is 3.35. The van der Waals surface area contributed by atoms with E-state index in [0.717, 1.165) is 6.42 Å². The normalized spacial score (nSPS) is 12.8. The molecule has 0 heterocycles. The third kappa shape index (κ3) is 2.83. The van der Waals surface area contributed by atoms with Crippen LogP contribution in [-0.2, 0) is 6.42 Å². The molecule has 3 N–H and O–H groups in total. The Morgan fingerprint density at radius 3 is 2.38 bits per heavy atom. The van der Waals surface area contributed by atoms with Gasteiger partial charge in [-0.1, -0.05) is 31.2 Å². The fraction of sp³-hybridized carbons (Fsp3) is 0.455. The summed E-state index contributed by atoms with van der Waals surface area (Å²) in [6.45, 7) is 3.01. The number of benzene rings is 1. The lowest BCUT2D eigenvalue weighted by molar-refractivity contribution is 0.299. The summed E-state index contributed by atoms with van der Waals surface area (Å²) in [6.07, 6.45) is 0.733. The molecule has 1 rings (SSSR count). The van der Waals surface area contributed by atoms with Gasteiger partial charge in [0, 0.05) is 6.61 Å². The van der Waals surface area contributed by atoms with Gasteiger partial charge in [-0.3, -0.25) is 0 Å². The van der Waals surface area contributed by atoms with Gasteiger partial charge >= 0.3 is 0 Å². The number of rotatable bonds is 4. The molecular formula is C11H17NO. The molecule has 2 heteroatoms. The summed E-state index contributed by atoms with van der Waals surface area (Å²) in [5.41, 5.74) is 8.00. The molecule has 2 nitrogen and oxygen atoms in total. The molecule has 0 amide bonds. The van der Waals surface area contributed by atoms with Crippen LogP contribution in [0.4, 0.5) is 0 Å². The van der Waals surface area contributed by atoms with E-state index in [9.17, 15) is 0 Å². The lowest BCUT2D eigenvalue weighted by atomic mass is 9.99. The SMILES string of the molecule is CC(CN)c1ccc(CCO)cc1. The minimum Gasteiger partial charge on any atom is -0.396 e. The molecule has 0 fully saturated rings. The second kappa shape index (κ2) is 5.00. The van der Waals surface area contributed by atoms with Gasteiger partial charge < -0.3 is 10.8 Å². The molecule has 1 atom stereocenters. The highest BCUT2D eigenvalue weighted by Crippen LogP contribution is 2.14. The molecule has 1 unspecified atom stereocenters. The minimum atomic E-state index is 0.214. The van der Waals surface area contributed by atoms with Crippen molar-refractivity contribution in [1.82, 2.24) is 0 Å². The van der Waals surface area contributed by atoms with Crippen LogP contribution in [0.25, 0.3) is 0 Å². The van der Waals surface area contributed by atoms with Gasteiger partial charge in [0.05, 0.1) is 0 Å². The Bertz CT molecular complexity index is 243. The maximum atomic E-state index is 8.72. The van der Waals surface area contributed by atoms with Gasteiger partial charge in [-0.2, -0.15) is 0 Å². The van der Waals surface area contributed by atoms with Gasteiger partial charge in [0.1, 0.15) is 0 Å². The third-order valence-corrected chi connectivity index (χ3v) is 2.30. The molecule has 0 aromatic heterocycles. The Morgan fingerprint density at radius 2 is 1.92 bits per heavy atom. The Morgan fingerprint density at radius 1 is 1.31 bits per heavy atom. The van der Waals surface area contributed by atoms with E-state index in [1.54, 1.807) is 0 Å². The lowest BCUT2D eigenvalue weighted by Crippen LogP contribution is -2.08. The van der Waals surface area contributed by atoms with Crippen molar-refractivity contribution in [3.8, 4) is 0 Å². The van der Waals surface area contributed by atoms with Crippen LogP contribution in [0, 0.1) is 0 Å². The third-order valence-electron chi connectivity index (χ3n) is 2.30. The Hall–Kier alpha value is -0.860. The number of hydrogen-bond acceptors (Lipinski definition) is 2. The van der Waals surface area contributed by atoms with E-state index in [2.05, 4.69) is 31.2 Å². The molecule has 1 aromatic carbocycles. The maximum absolute atomic E-state index is 8.72. The molecule has 0 radical (unpaired) electrons. The molecule has 0 aliphatic rings. The predicted octanol–water partition coefficient (Wildman–Crippen LogP) is 1.28. The van der Waals surface area contributed by atoms with E-state index in [-0.39, 0.29) is 6.61 Å². The first kappa shape index (κ1) is 10.2. The zero-order valence-electron chi connectivity index (χ0n) is 8.03. The highest BCUT2D eigenvalue weighted by Gasteiger charge is 2.01. The van der Waals surface area contributed by atoms with Crippen molar-refractivity contribution in [2.75, 3.05) is 13.2 Å². The van der Waals surface area contributed by atoms with Gasteiger partial charge in [-0.25, -0.2) is 0 Å². The Kier molecular flexibility index (Phi) is 3.93. The minimum absolute atomic E-state index is 0.214. The van der Waals surface area contributed by atoms with Crippen molar-refractivity contribution < 1.29 is 5.11 Å². The molecule has 0 aliphatic carbocycles. The average Bonchev–Trinajstić information content (AvgIpc) is 2.18. The quantitative estimate of drug-likeness (QED) is 0.731. The molecular weight excluding hydrogens is 162 g/mol. The smallest absolute Gasteiger partial charge is 0.0471 e. The van der Waals surface area contributed by atoms with Crippen LogP contribution in [0.2, 0.25) is 0 Å². The van der Waals surface area contributed by atoms with Crippen molar-refractivity contribution in [1.29, 1.82) is 0 Å². The van der Waals surface area contributed by atoms with E-state index in [1.807, 2.05) is 0 Å². The molecule has 72 valence electrons. The Balaban J connectivity index is 2.69. The van der Waals surface area contributed by atoms with Gasteiger partial charge in [-0.15, -0.1) is 0 Å².